The first-order valence-corrected chi connectivity index (χ1v) is 6.39. The quantitative estimate of drug-likeness (QED) is 0.840. The van der Waals surface area contributed by atoms with E-state index in [4.69, 9.17) is 21.3 Å². The molecule has 0 radical (unpaired) electrons. The summed E-state index contributed by atoms with van der Waals surface area (Å²) in [4.78, 5) is 12.1. The van der Waals surface area contributed by atoms with E-state index in [2.05, 4.69) is 0 Å². The van der Waals surface area contributed by atoms with Gasteiger partial charge in [-0.1, -0.05) is 17.7 Å². The molecule has 1 aromatic heterocycles. The van der Waals surface area contributed by atoms with Gasteiger partial charge in [0.15, 0.2) is 5.78 Å². The minimum Gasteiger partial charge on any atom is -0.469 e. The summed E-state index contributed by atoms with van der Waals surface area (Å²) in [6.45, 7) is 0. The molecule has 2 rings (SSSR count). The summed E-state index contributed by atoms with van der Waals surface area (Å²) in [5.41, 5.74) is 0.333. The first kappa shape index (κ1) is 14.3. The van der Waals surface area contributed by atoms with Crippen LogP contribution in [-0.2, 0) is 11.2 Å². The molecule has 1 atom stereocenters. The van der Waals surface area contributed by atoms with Crippen molar-refractivity contribution in [1.82, 2.24) is 0 Å². The lowest BCUT2D eigenvalue weighted by molar-refractivity contribution is -0.119. The van der Waals surface area contributed by atoms with Crippen LogP contribution in [0.5, 0.6) is 0 Å². The molecule has 2 aromatic rings. The number of carbonyl (C=O) groups excluding carboxylic acids is 1. The van der Waals surface area contributed by atoms with E-state index in [9.17, 15) is 9.18 Å². The molecular weight excluding hydrogens is 281 g/mol. The number of hydrogen-bond acceptors (Lipinski definition) is 3. The third-order valence-electron chi connectivity index (χ3n) is 2.92. The van der Waals surface area contributed by atoms with Crippen LogP contribution in [-0.4, -0.2) is 5.78 Å². The first-order valence-electron chi connectivity index (χ1n) is 6.01. The molecule has 1 heterocycles. The van der Waals surface area contributed by atoms with Crippen LogP contribution in [0, 0.1) is 17.1 Å². The van der Waals surface area contributed by atoms with Gasteiger partial charge in [0, 0.05) is 17.9 Å². The molecule has 20 heavy (non-hydrogen) atoms. The Morgan fingerprint density at radius 3 is 2.85 bits per heavy atom. The number of benzene rings is 1. The molecule has 0 bridgehead atoms. The van der Waals surface area contributed by atoms with E-state index < -0.39 is 11.7 Å². The number of nitriles is 1. The molecule has 5 heteroatoms. The maximum Gasteiger partial charge on any atom is 0.154 e. The van der Waals surface area contributed by atoms with Crippen LogP contribution >= 0.6 is 11.6 Å². The standard InChI is InChI=1S/C15H11ClFNO2/c16-14-8-10(17)3-5-12(14)13(9-18)15(19)6-4-11-2-1-7-20-11/h1-3,5,7-8,13H,4,6H2. The molecule has 0 saturated carbocycles. The molecular formula is C15H11ClFNO2. The average Bonchev–Trinajstić information content (AvgIpc) is 2.93. The Kier molecular flexibility index (Phi) is 4.54. The molecule has 0 saturated heterocycles. The van der Waals surface area contributed by atoms with Crippen molar-refractivity contribution in [2.45, 2.75) is 18.8 Å². The highest BCUT2D eigenvalue weighted by Gasteiger charge is 2.22. The maximum absolute atomic E-state index is 13.0. The minimum absolute atomic E-state index is 0.0860. The van der Waals surface area contributed by atoms with E-state index in [1.807, 2.05) is 6.07 Å². The second-order valence-electron chi connectivity index (χ2n) is 4.27. The summed E-state index contributed by atoms with van der Waals surface area (Å²) in [6, 6.07) is 9.07. The molecule has 0 aliphatic rings. The zero-order valence-corrected chi connectivity index (χ0v) is 11.2. The fourth-order valence-electron chi connectivity index (χ4n) is 1.90. The maximum atomic E-state index is 13.0. The van der Waals surface area contributed by atoms with Crippen LogP contribution in [0.4, 0.5) is 4.39 Å². The fraction of sp³-hybridized carbons (Fsp3) is 0.200. The second-order valence-corrected chi connectivity index (χ2v) is 4.68. The van der Waals surface area contributed by atoms with Gasteiger partial charge in [-0.15, -0.1) is 0 Å². The van der Waals surface area contributed by atoms with Gasteiger partial charge in [-0.3, -0.25) is 4.79 Å². The number of carbonyl (C=O) groups is 1. The first-order chi connectivity index (χ1) is 9.61. The smallest absolute Gasteiger partial charge is 0.154 e. The second kappa shape index (κ2) is 6.36. The van der Waals surface area contributed by atoms with Crippen LogP contribution in [0.1, 0.15) is 23.7 Å². The molecule has 0 fully saturated rings. The summed E-state index contributed by atoms with van der Waals surface area (Å²) >= 11 is 5.88. The predicted octanol–water partition coefficient (Wildman–Crippen LogP) is 3.88. The number of aryl methyl sites for hydroxylation is 1. The van der Waals surface area contributed by atoms with Gasteiger partial charge in [0.2, 0.25) is 0 Å². The molecule has 102 valence electrons. The third-order valence-corrected chi connectivity index (χ3v) is 3.25. The molecule has 0 spiro atoms. The Bertz CT molecular complexity index is 646. The van der Waals surface area contributed by atoms with Gasteiger partial charge >= 0.3 is 0 Å². The van der Waals surface area contributed by atoms with E-state index in [1.54, 1.807) is 12.1 Å². The van der Waals surface area contributed by atoms with Gasteiger partial charge < -0.3 is 4.42 Å². The van der Waals surface area contributed by atoms with E-state index in [0.29, 0.717) is 17.7 Å². The monoisotopic (exact) mass is 291 g/mol. The average molecular weight is 292 g/mol. The largest absolute Gasteiger partial charge is 0.469 e. The fourth-order valence-corrected chi connectivity index (χ4v) is 2.17. The lowest BCUT2D eigenvalue weighted by Gasteiger charge is -2.10. The summed E-state index contributed by atoms with van der Waals surface area (Å²) in [6.07, 6.45) is 2.11. The Morgan fingerprint density at radius 1 is 1.45 bits per heavy atom. The SMILES string of the molecule is N#CC(C(=O)CCc1ccco1)c1ccc(F)cc1Cl. The van der Waals surface area contributed by atoms with Gasteiger partial charge in [0.25, 0.3) is 0 Å². The van der Waals surface area contributed by atoms with Gasteiger partial charge in [0.1, 0.15) is 17.5 Å². The Morgan fingerprint density at radius 2 is 2.25 bits per heavy atom. The summed E-state index contributed by atoms with van der Waals surface area (Å²) in [5.74, 6) is -1.07. The van der Waals surface area contributed by atoms with Crippen LogP contribution in [0.3, 0.4) is 0 Å². The normalized spacial score (nSPS) is 11.8. The van der Waals surface area contributed by atoms with Crippen LogP contribution < -0.4 is 0 Å². The Hall–Kier alpha value is -2.12. The van der Waals surface area contributed by atoms with Gasteiger partial charge in [-0.25, -0.2) is 4.39 Å². The van der Waals surface area contributed by atoms with Crippen LogP contribution in [0.15, 0.2) is 41.0 Å². The molecule has 1 aromatic carbocycles. The van der Waals surface area contributed by atoms with E-state index in [-0.39, 0.29) is 17.2 Å². The van der Waals surface area contributed by atoms with Crippen molar-refractivity contribution in [1.29, 1.82) is 5.26 Å². The Balaban J connectivity index is 2.11. The number of nitrogens with zero attached hydrogens (tertiary/aromatic N) is 1. The van der Waals surface area contributed by atoms with Crippen molar-refractivity contribution < 1.29 is 13.6 Å². The van der Waals surface area contributed by atoms with Crippen molar-refractivity contribution in [2.75, 3.05) is 0 Å². The number of halogens is 2. The van der Waals surface area contributed by atoms with E-state index in [1.165, 1.54) is 18.4 Å². The van der Waals surface area contributed by atoms with Gasteiger partial charge in [-0.05, 0) is 29.8 Å². The van der Waals surface area contributed by atoms with Crippen molar-refractivity contribution in [3.63, 3.8) is 0 Å². The molecule has 0 amide bonds. The number of Topliss-reactive ketones (excluding diaryl/α,β-unsaturated/α-hetero) is 1. The number of hydrogen-bond donors (Lipinski definition) is 0. The minimum atomic E-state index is -0.988. The molecule has 0 N–H and O–H groups in total. The van der Waals surface area contributed by atoms with Gasteiger partial charge in [-0.2, -0.15) is 5.26 Å². The predicted molar refractivity (Wildman–Crippen MR) is 71.8 cm³/mol. The lowest BCUT2D eigenvalue weighted by Crippen LogP contribution is -2.12. The topological polar surface area (TPSA) is 54.0 Å². The summed E-state index contributed by atoms with van der Waals surface area (Å²) < 4.78 is 18.1. The summed E-state index contributed by atoms with van der Waals surface area (Å²) in [5, 5.41) is 9.24. The molecule has 1 unspecified atom stereocenters. The highest BCUT2D eigenvalue weighted by molar-refractivity contribution is 6.31. The van der Waals surface area contributed by atoms with Crippen molar-refractivity contribution >= 4 is 17.4 Å². The van der Waals surface area contributed by atoms with Crippen LogP contribution in [0.25, 0.3) is 0 Å². The highest BCUT2D eigenvalue weighted by atomic mass is 35.5. The van der Waals surface area contributed by atoms with Gasteiger partial charge in [0.05, 0.1) is 12.3 Å². The molecule has 0 aliphatic heterocycles. The third kappa shape index (κ3) is 3.25. The summed E-state index contributed by atoms with van der Waals surface area (Å²) in [7, 11) is 0. The number of ketones is 1. The zero-order valence-electron chi connectivity index (χ0n) is 10.5. The molecule has 3 nitrogen and oxygen atoms in total. The highest BCUT2D eigenvalue weighted by Crippen LogP contribution is 2.27. The van der Waals surface area contributed by atoms with Crippen molar-refractivity contribution in [3.8, 4) is 6.07 Å². The lowest BCUT2D eigenvalue weighted by atomic mass is 9.93. The van der Waals surface area contributed by atoms with Crippen LogP contribution in [0.2, 0.25) is 5.02 Å². The number of furan rings is 1. The number of rotatable bonds is 5. The van der Waals surface area contributed by atoms with E-state index >= 15 is 0 Å². The van der Waals surface area contributed by atoms with Crippen molar-refractivity contribution in [2.24, 2.45) is 0 Å². The Labute approximate surface area is 120 Å². The zero-order chi connectivity index (χ0) is 14.5. The molecule has 0 aliphatic carbocycles. The van der Waals surface area contributed by atoms with Crippen molar-refractivity contribution in [3.05, 3.63) is 58.8 Å². The van der Waals surface area contributed by atoms with E-state index in [0.717, 1.165) is 6.07 Å².